The van der Waals surface area contributed by atoms with Crippen molar-refractivity contribution in [3.63, 3.8) is 0 Å². The summed E-state index contributed by atoms with van der Waals surface area (Å²) in [7, 11) is 0. The Hall–Kier alpha value is -0.0200. The van der Waals surface area contributed by atoms with Gasteiger partial charge >= 0.3 is 0 Å². The second-order valence-electron chi connectivity index (χ2n) is 4.62. The number of carbonyl (C=O) groups excluding carboxylic acids is 2. The molecule has 0 aromatic carbocycles. The maximum absolute atomic E-state index is 11.9. The standard InChI is InChI=1S/C11H6Cl4O2/c12-8-9(13)11(15)3-10(8,14)6-4(16)1-2-5(17)7(6)11/h1-2,6-7H,3H2/t6-,7-,10-,11-/m0/s1. The highest BCUT2D eigenvalue weighted by Gasteiger charge is 2.72. The highest BCUT2D eigenvalue weighted by atomic mass is 35.5. The number of rotatable bonds is 0. The lowest BCUT2D eigenvalue weighted by molar-refractivity contribution is -0.128. The summed E-state index contributed by atoms with van der Waals surface area (Å²) in [6, 6.07) is 0. The molecule has 1 fully saturated rings. The van der Waals surface area contributed by atoms with Gasteiger partial charge in [0.1, 0.15) is 0 Å². The molecular formula is C11H6Cl4O2. The van der Waals surface area contributed by atoms with Gasteiger partial charge in [-0.25, -0.2) is 0 Å². The number of fused-ring (bicyclic) bond motifs is 5. The minimum Gasteiger partial charge on any atom is -0.294 e. The Balaban J connectivity index is 2.26. The molecule has 0 amide bonds. The molecule has 3 rings (SSSR count). The van der Waals surface area contributed by atoms with Gasteiger partial charge in [-0.15, -0.1) is 23.2 Å². The first-order valence-corrected chi connectivity index (χ1v) is 6.53. The molecular weight excluding hydrogens is 306 g/mol. The second kappa shape index (κ2) is 3.30. The lowest BCUT2D eigenvalue weighted by atomic mass is 9.74. The van der Waals surface area contributed by atoms with E-state index in [4.69, 9.17) is 46.4 Å². The largest absolute Gasteiger partial charge is 0.294 e. The minimum absolute atomic E-state index is 0.202. The van der Waals surface area contributed by atoms with Gasteiger partial charge in [0, 0.05) is 0 Å². The Bertz CT molecular complexity index is 480. The van der Waals surface area contributed by atoms with Gasteiger partial charge in [0.05, 0.1) is 31.6 Å². The molecule has 0 aliphatic heterocycles. The van der Waals surface area contributed by atoms with Crippen molar-refractivity contribution < 1.29 is 9.59 Å². The van der Waals surface area contributed by atoms with Crippen molar-refractivity contribution in [1.29, 1.82) is 0 Å². The van der Waals surface area contributed by atoms with Crippen LogP contribution < -0.4 is 0 Å². The van der Waals surface area contributed by atoms with Gasteiger partial charge in [-0.1, -0.05) is 23.2 Å². The van der Waals surface area contributed by atoms with Crippen LogP contribution in [0.25, 0.3) is 0 Å². The van der Waals surface area contributed by atoms with Crippen molar-refractivity contribution >= 4 is 58.0 Å². The average Bonchev–Trinajstić information content (AvgIpc) is 2.61. The third kappa shape index (κ3) is 1.20. The molecule has 0 saturated heterocycles. The molecule has 0 spiro atoms. The molecule has 2 bridgehead atoms. The van der Waals surface area contributed by atoms with E-state index < -0.39 is 21.6 Å². The maximum atomic E-state index is 11.9. The van der Waals surface area contributed by atoms with E-state index in [9.17, 15) is 9.59 Å². The van der Waals surface area contributed by atoms with Gasteiger partial charge in [-0.05, 0) is 18.6 Å². The van der Waals surface area contributed by atoms with Crippen molar-refractivity contribution in [3.05, 3.63) is 22.2 Å². The van der Waals surface area contributed by atoms with Crippen LogP contribution in [0.3, 0.4) is 0 Å². The Morgan fingerprint density at radius 3 is 1.65 bits per heavy atom. The fourth-order valence-corrected chi connectivity index (χ4v) is 5.02. The number of hydrogen-bond acceptors (Lipinski definition) is 2. The zero-order valence-electron chi connectivity index (χ0n) is 8.34. The topological polar surface area (TPSA) is 34.1 Å². The van der Waals surface area contributed by atoms with E-state index in [1.54, 1.807) is 0 Å². The van der Waals surface area contributed by atoms with Crippen LogP contribution >= 0.6 is 46.4 Å². The zero-order valence-corrected chi connectivity index (χ0v) is 11.4. The molecule has 0 unspecified atom stereocenters. The lowest BCUT2D eigenvalue weighted by Crippen LogP contribution is -2.46. The van der Waals surface area contributed by atoms with E-state index in [-0.39, 0.29) is 28.1 Å². The highest BCUT2D eigenvalue weighted by molar-refractivity contribution is 6.52. The van der Waals surface area contributed by atoms with Gasteiger partial charge in [0.15, 0.2) is 11.6 Å². The summed E-state index contributed by atoms with van der Waals surface area (Å²) in [6.45, 7) is 0. The first-order chi connectivity index (χ1) is 7.82. The molecule has 0 aromatic heterocycles. The molecule has 3 aliphatic carbocycles. The molecule has 0 heterocycles. The molecule has 0 radical (unpaired) electrons. The van der Waals surface area contributed by atoms with Gasteiger partial charge in [-0.2, -0.15) is 0 Å². The normalized spacial score (nSPS) is 48.0. The Morgan fingerprint density at radius 2 is 1.29 bits per heavy atom. The minimum atomic E-state index is -1.12. The molecule has 3 aliphatic rings. The zero-order chi connectivity index (χ0) is 12.6. The predicted molar refractivity (Wildman–Crippen MR) is 66.7 cm³/mol. The Morgan fingerprint density at radius 1 is 0.941 bits per heavy atom. The van der Waals surface area contributed by atoms with E-state index in [1.165, 1.54) is 12.2 Å². The lowest BCUT2D eigenvalue weighted by Gasteiger charge is -2.36. The molecule has 1 saturated carbocycles. The summed E-state index contributed by atoms with van der Waals surface area (Å²) in [6.07, 6.45) is 2.70. The second-order valence-corrected chi connectivity index (χ2v) is 6.73. The fourth-order valence-electron chi connectivity index (χ4n) is 3.07. The van der Waals surface area contributed by atoms with Crippen molar-refractivity contribution in [2.24, 2.45) is 11.8 Å². The number of allylic oxidation sites excluding steroid dienone is 4. The van der Waals surface area contributed by atoms with E-state index in [2.05, 4.69) is 0 Å². The quantitative estimate of drug-likeness (QED) is 0.645. The van der Waals surface area contributed by atoms with Crippen LogP contribution in [0.4, 0.5) is 0 Å². The number of carbonyl (C=O) groups is 2. The molecule has 2 nitrogen and oxygen atoms in total. The van der Waals surface area contributed by atoms with E-state index in [1.807, 2.05) is 0 Å². The van der Waals surface area contributed by atoms with Crippen LogP contribution in [0.2, 0.25) is 0 Å². The maximum Gasteiger partial charge on any atom is 0.161 e. The van der Waals surface area contributed by atoms with Crippen LogP contribution in [0.5, 0.6) is 0 Å². The summed E-state index contributed by atoms with van der Waals surface area (Å²) in [5, 5.41) is 0.405. The summed E-state index contributed by atoms with van der Waals surface area (Å²) in [4.78, 5) is 21.6. The summed E-state index contributed by atoms with van der Waals surface area (Å²) >= 11 is 24.9. The smallest absolute Gasteiger partial charge is 0.161 e. The molecule has 0 N–H and O–H groups in total. The molecule has 0 aromatic rings. The number of hydrogen-bond donors (Lipinski definition) is 0. The molecule has 17 heavy (non-hydrogen) atoms. The van der Waals surface area contributed by atoms with Crippen LogP contribution in [-0.2, 0) is 9.59 Å². The molecule has 6 heteroatoms. The first-order valence-electron chi connectivity index (χ1n) is 5.02. The van der Waals surface area contributed by atoms with Crippen LogP contribution in [-0.4, -0.2) is 21.3 Å². The van der Waals surface area contributed by atoms with Gasteiger partial charge in [0.2, 0.25) is 0 Å². The highest BCUT2D eigenvalue weighted by Crippen LogP contribution is 2.68. The van der Waals surface area contributed by atoms with Crippen molar-refractivity contribution in [3.8, 4) is 0 Å². The van der Waals surface area contributed by atoms with Crippen LogP contribution in [0, 0.1) is 11.8 Å². The SMILES string of the molecule is O=C1C=CC(=O)[C@H]2[C@H]1[C@@]1(Cl)C[C@@]2(Cl)C(Cl)=C1Cl. The van der Waals surface area contributed by atoms with Gasteiger partial charge in [-0.3, -0.25) is 9.59 Å². The van der Waals surface area contributed by atoms with Gasteiger partial charge in [0.25, 0.3) is 0 Å². The van der Waals surface area contributed by atoms with E-state index in [0.29, 0.717) is 0 Å². The first kappa shape index (κ1) is 12.0. The van der Waals surface area contributed by atoms with Crippen molar-refractivity contribution in [1.82, 2.24) is 0 Å². The van der Waals surface area contributed by atoms with E-state index in [0.717, 1.165) is 0 Å². The van der Waals surface area contributed by atoms with Crippen LogP contribution in [0.1, 0.15) is 6.42 Å². The fraction of sp³-hybridized carbons (Fsp3) is 0.455. The van der Waals surface area contributed by atoms with Crippen molar-refractivity contribution in [2.45, 2.75) is 16.2 Å². The van der Waals surface area contributed by atoms with Crippen LogP contribution in [0.15, 0.2) is 22.2 Å². The monoisotopic (exact) mass is 310 g/mol. The number of alkyl halides is 2. The summed E-state index contributed by atoms with van der Waals surface area (Å²) < 4.78 is 0. The molecule has 90 valence electrons. The third-order valence-electron chi connectivity index (χ3n) is 3.78. The van der Waals surface area contributed by atoms with Gasteiger partial charge < -0.3 is 0 Å². The Labute approximate surface area is 118 Å². The summed E-state index contributed by atoms with van der Waals surface area (Å²) in [5.41, 5.74) is 0. The van der Waals surface area contributed by atoms with Crippen molar-refractivity contribution in [2.75, 3.05) is 0 Å². The third-order valence-corrected chi connectivity index (χ3v) is 6.24. The van der Waals surface area contributed by atoms with E-state index >= 15 is 0 Å². The number of ketones is 2. The predicted octanol–water partition coefficient (Wildman–Crippen LogP) is 2.99. The molecule has 4 atom stereocenters. The summed E-state index contributed by atoms with van der Waals surface area (Å²) in [5.74, 6) is -1.83. The Kier molecular flexibility index (Phi) is 2.33. The number of halogens is 4. The average molecular weight is 312 g/mol.